The Balaban J connectivity index is 4.68. The molecule has 0 fully saturated rings. The van der Waals surface area contributed by atoms with Gasteiger partial charge in [0.15, 0.2) is 0 Å². The summed E-state index contributed by atoms with van der Waals surface area (Å²) in [6.07, 6.45) is -4.74. The smallest absolute Gasteiger partial charge is 0.422 e. The van der Waals surface area contributed by atoms with Gasteiger partial charge in [-0.1, -0.05) is 0 Å². The standard InChI is InChI=1S/C8H16F2N2O5S/c1-6(2)17-8(14)11-18(15,16)12(3-4-13)5-7(9)10/h6-7,13H,3-5H2,1-2H3,(H,11,14). The molecule has 0 unspecified atom stereocenters. The predicted octanol–water partition coefficient (Wildman–Crippen LogP) is -0.0748. The van der Waals surface area contributed by atoms with Crippen molar-refractivity contribution in [1.82, 2.24) is 9.03 Å². The second kappa shape index (κ2) is 7.44. The molecule has 0 heterocycles. The summed E-state index contributed by atoms with van der Waals surface area (Å²) in [5.41, 5.74) is 0. The summed E-state index contributed by atoms with van der Waals surface area (Å²) in [6.45, 7) is 0.681. The Morgan fingerprint density at radius 1 is 1.44 bits per heavy atom. The average Bonchev–Trinajstić information content (AvgIpc) is 2.13. The van der Waals surface area contributed by atoms with Crippen LogP contribution in [-0.4, -0.2) is 56.1 Å². The molecule has 0 spiro atoms. The third-order valence-electron chi connectivity index (χ3n) is 1.59. The Bertz CT molecular complexity index is 360. The number of amides is 1. The lowest BCUT2D eigenvalue weighted by atomic mass is 10.5. The first kappa shape index (κ1) is 17.0. The lowest BCUT2D eigenvalue weighted by Crippen LogP contribution is -2.47. The van der Waals surface area contributed by atoms with Gasteiger partial charge in [-0.25, -0.2) is 18.3 Å². The van der Waals surface area contributed by atoms with Crippen LogP contribution in [0.5, 0.6) is 0 Å². The van der Waals surface area contributed by atoms with E-state index in [1.807, 2.05) is 0 Å². The van der Waals surface area contributed by atoms with E-state index >= 15 is 0 Å². The number of alkyl halides is 2. The van der Waals surface area contributed by atoms with E-state index in [4.69, 9.17) is 5.11 Å². The largest absolute Gasteiger partial charge is 0.446 e. The highest BCUT2D eigenvalue weighted by Crippen LogP contribution is 2.04. The normalized spacial score (nSPS) is 12.2. The average molecular weight is 290 g/mol. The van der Waals surface area contributed by atoms with Crippen molar-refractivity contribution < 1.29 is 31.8 Å². The Hall–Kier alpha value is -1.00. The third-order valence-corrected chi connectivity index (χ3v) is 3.02. The number of halogens is 2. The van der Waals surface area contributed by atoms with Gasteiger partial charge < -0.3 is 9.84 Å². The van der Waals surface area contributed by atoms with Crippen LogP contribution in [0.25, 0.3) is 0 Å². The number of carbonyl (C=O) groups excluding carboxylic acids is 1. The molecule has 1 amide bonds. The van der Waals surface area contributed by atoms with Crippen LogP contribution in [0, 0.1) is 0 Å². The van der Waals surface area contributed by atoms with Crippen molar-refractivity contribution in [2.45, 2.75) is 26.4 Å². The van der Waals surface area contributed by atoms with Gasteiger partial charge in [-0.3, -0.25) is 0 Å². The van der Waals surface area contributed by atoms with E-state index < -0.39 is 48.5 Å². The van der Waals surface area contributed by atoms with Crippen molar-refractivity contribution in [3.8, 4) is 0 Å². The molecule has 0 atom stereocenters. The number of carbonyl (C=O) groups is 1. The molecule has 0 aliphatic carbocycles. The molecule has 0 saturated heterocycles. The molecule has 7 nitrogen and oxygen atoms in total. The van der Waals surface area contributed by atoms with Crippen LogP contribution in [0.3, 0.4) is 0 Å². The quantitative estimate of drug-likeness (QED) is 0.684. The monoisotopic (exact) mass is 290 g/mol. The Morgan fingerprint density at radius 3 is 2.39 bits per heavy atom. The zero-order valence-electron chi connectivity index (χ0n) is 9.97. The van der Waals surface area contributed by atoms with E-state index in [0.29, 0.717) is 0 Å². The fourth-order valence-electron chi connectivity index (χ4n) is 0.983. The van der Waals surface area contributed by atoms with Gasteiger partial charge in [-0.05, 0) is 13.8 Å². The van der Waals surface area contributed by atoms with Gasteiger partial charge >= 0.3 is 16.3 Å². The molecule has 0 aliphatic heterocycles. The van der Waals surface area contributed by atoms with Crippen LogP contribution in [0.2, 0.25) is 0 Å². The number of aliphatic hydroxyl groups excluding tert-OH is 1. The van der Waals surface area contributed by atoms with Crippen molar-refractivity contribution in [3.63, 3.8) is 0 Å². The summed E-state index contributed by atoms with van der Waals surface area (Å²) in [5, 5.41) is 8.60. The summed E-state index contributed by atoms with van der Waals surface area (Å²) in [7, 11) is -4.46. The number of nitrogens with zero attached hydrogens (tertiary/aromatic N) is 1. The summed E-state index contributed by atoms with van der Waals surface area (Å²) >= 11 is 0. The summed E-state index contributed by atoms with van der Waals surface area (Å²) < 4.78 is 53.6. The number of rotatable bonds is 7. The van der Waals surface area contributed by atoms with Crippen LogP contribution in [0.4, 0.5) is 13.6 Å². The van der Waals surface area contributed by atoms with Crippen LogP contribution < -0.4 is 4.72 Å². The van der Waals surface area contributed by atoms with Gasteiger partial charge in [0, 0.05) is 6.54 Å². The van der Waals surface area contributed by atoms with Crippen molar-refractivity contribution in [1.29, 1.82) is 0 Å². The zero-order valence-corrected chi connectivity index (χ0v) is 10.8. The van der Waals surface area contributed by atoms with E-state index in [1.165, 1.54) is 18.6 Å². The van der Waals surface area contributed by atoms with Crippen molar-refractivity contribution in [2.24, 2.45) is 0 Å². The summed E-state index contributed by atoms with van der Waals surface area (Å²) in [5.74, 6) is 0. The highest BCUT2D eigenvalue weighted by Gasteiger charge is 2.27. The zero-order chi connectivity index (χ0) is 14.3. The summed E-state index contributed by atoms with van der Waals surface area (Å²) in [6, 6.07) is 0. The molecule has 18 heavy (non-hydrogen) atoms. The lowest BCUT2D eigenvalue weighted by molar-refractivity contribution is 0.108. The van der Waals surface area contributed by atoms with Crippen LogP contribution in [-0.2, 0) is 14.9 Å². The highest BCUT2D eigenvalue weighted by atomic mass is 32.2. The molecular formula is C8H16F2N2O5S. The Kier molecular flexibility index (Phi) is 7.02. The fourth-order valence-corrected chi connectivity index (χ4v) is 2.00. The van der Waals surface area contributed by atoms with Crippen molar-refractivity contribution in [3.05, 3.63) is 0 Å². The second-order valence-corrected chi connectivity index (χ2v) is 5.20. The van der Waals surface area contributed by atoms with E-state index in [2.05, 4.69) is 4.74 Å². The molecule has 10 heteroatoms. The van der Waals surface area contributed by atoms with Crippen LogP contribution in [0.1, 0.15) is 13.8 Å². The first-order chi connectivity index (χ1) is 8.19. The molecule has 0 saturated carbocycles. The second-order valence-electron chi connectivity index (χ2n) is 3.53. The maximum absolute atomic E-state index is 12.2. The topological polar surface area (TPSA) is 95.9 Å². The summed E-state index contributed by atoms with van der Waals surface area (Å²) in [4.78, 5) is 11.1. The van der Waals surface area contributed by atoms with Crippen molar-refractivity contribution in [2.75, 3.05) is 19.7 Å². The lowest BCUT2D eigenvalue weighted by Gasteiger charge is -2.21. The molecule has 0 bridgehead atoms. The molecule has 0 aliphatic rings. The predicted molar refractivity (Wildman–Crippen MR) is 58.3 cm³/mol. The van der Waals surface area contributed by atoms with E-state index in [-0.39, 0.29) is 4.31 Å². The fraction of sp³-hybridized carbons (Fsp3) is 0.875. The molecule has 0 aromatic heterocycles. The van der Waals surface area contributed by atoms with Gasteiger partial charge in [0.1, 0.15) is 0 Å². The van der Waals surface area contributed by atoms with Gasteiger partial charge in [-0.2, -0.15) is 12.7 Å². The van der Waals surface area contributed by atoms with Gasteiger partial charge in [-0.15, -0.1) is 0 Å². The first-order valence-corrected chi connectivity index (χ1v) is 6.50. The minimum atomic E-state index is -4.46. The number of ether oxygens (including phenoxy) is 1. The van der Waals surface area contributed by atoms with Crippen molar-refractivity contribution >= 4 is 16.3 Å². The first-order valence-electron chi connectivity index (χ1n) is 5.06. The SMILES string of the molecule is CC(C)OC(=O)NS(=O)(=O)N(CCO)CC(F)F. The van der Waals surface area contributed by atoms with Gasteiger partial charge in [0.2, 0.25) is 0 Å². The molecule has 108 valence electrons. The Morgan fingerprint density at radius 2 is 2.00 bits per heavy atom. The Labute approximate surface area is 104 Å². The minimum absolute atomic E-state index is 0.263. The number of aliphatic hydroxyl groups is 1. The minimum Gasteiger partial charge on any atom is -0.446 e. The number of nitrogens with one attached hydrogen (secondary N) is 1. The molecule has 0 rings (SSSR count). The maximum atomic E-state index is 12.2. The highest BCUT2D eigenvalue weighted by molar-refractivity contribution is 7.87. The van der Waals surface area contributed by atoms with E-state index in [9.17, 15) is 22.0 Å². The molecule has 2 N–H and O–H groups in total. The molecule has 0 radical (unpaired) electrons. The third kappa shape index (κ3) is 6.67. The molecule has 0 aromatic rings. The van der Waals surface area contributed by atoms with Gasteiger partial charge in [0.25, 0.3) is 6.43 Å². The maximum Gasteiger partial charge on any atom is 0.422 e. The van der Waals surface area contributed by atoms with Gasteiger partial charge in [0.05, 0.1) is 19.3 Å². The van der Waals surface area contributed by atoms with E-state index in [1.54, 1.807) is 0 Å². The van der Waals surface area contributed by atoms with Crippen LogP contribution >= 0.6 is 0 Å². The molecule has 0 aromatic carbocycles. The van der Waals surface area contributed by atoms with E-state index in [0.717, 1.165) is 0 Å². The van der Waals surface area contributed by atoms with Crippen LogP contribution in [0.15, 0.2) is 0 Å². The number of hydrogen-bond acceptors (Lipinski definition) is 5. The molecular weight excluding hydrogens is 274 g/mol. The number of hydrogen-bond donors (Lipinski definition) is 2.